The second-order valence-corrected chi connectivity index (χ2v) is 6.68. The predicted molar refractivity (Wildman–Crippen MR) is 110 cm³/mol. The fraction of sp³-hybridized carbons (Fsp3) is 0.238. The third kappa shape index (κ3) is 4.24. The van der Waals surface area contributed by atoms with Gasteiger partial charge in [0.1, 0.15) is 5.82 Å². The molecule has 0 radical (unpaired) electrons. The number of carbonyl (C=O) groups excluding carboxylic acids is 1. The smallest absolute Gasteiger partial charge is 0.259 e. The van der Waals surface area contributed by atoms with E-state index in [2.05, 4.69) is 15.7 Å². The predicted octanol–water partition coefficient (Wildman–Crippen LogP) is 4.15. The molecule has 0 saturated carbocycles. The van der Waals surface area contributed by atoms with Crippen molar-refractivity contribution in [2.24, 2.45) is 0 Å². The number of hydrogen-bond acceptors (Lipinski definition) is 3. The maximum Gasteiger partial charge on any atom is 0.259 e. The lowest BCUT2D eigenvalue weighted by Crippen LogP contribution is -2.29. The van der Waals surface area contributed by atoms with Crippen LogP contribution in [0.2, 0.25) is 0 Å². The molecule has 2 aromatic carbocycles. The number of piperidine rings is 1. The minimum atomic E-state index is -0.295. The number of aromatic nitrogens is 2. The summed E-state index contributed by atoms with van der Waals surface area (Å²) in [6.07, 6.45) is 3.47. The van der Waals surface area contributed by atoms with Crippen LogP contribution in [0.4, 0.5) is 10.1 Å². The van der Waals surface area contributed by atoms with Gasteiger partial charge in [0.05, 0.1) is 23.1 Å². The van der Waals surface area contributed by atoms with Crippen LogP contribution < -0.4 is 10.6 Å². The average Bonchev–Trinajstić information content (AvgIpc) is 3.15. The Morgan fingerprint density at radius 2 is 1.75 bits per heavy atom. The molecule has 0 unspecified atom stereocenters. The molecule has 1 amide bonds. The van der Waals surface area contributed by atoms with Crippen LogP contribution in [0.15, 0.2) is 60.8 Å². The molecule has 1 saturated heterocycles. The van der Waals surface area contributed by atoms with Crippen LogP contribution in [0.3, 0.4) is 0 Å². The molecule has 1 aliphatic heterocycles. The van der Waals surface area contributed by atoms with Crippen molar-refractivity contribution in [3.63, 3.8) is 0 Å². The minimum Gasteiger partial charge on any atom is -0.322 e. The lowest BCUT2D eigenvalue weighted by Gasteiger charge is -2.24. The number of nitrogens with zero attached hydrogens (tertiary/aromatic N) is 2. The number of para-hydroxylation sites is 1. The van der Waals surface area contributed by atoms with Gasteiger partial charge in [-0.25, -0.2) is 9.07 Å². The number of amides is 1. The Morgan fingerprint density at radius 3 is 2.43 bits per heavy atom. The molecule has 4 rings (SSSR count). The Hall–Kier alpha value is -2.70. The molecule has 2 heterocycles. The molecule has 1 aliphatic rings. The Morgan fingerprint density at radius 1 is 1.07 bits per heavy atom. The number of halogens is 2. The van der Waals surface area contributed by atoms with E-state index in [1.807, 2.05) is 30.3 Å². The molecular formula is C21H22ClFN4O. The largest absolute Gasteiger partial charge is 0.322 e. The molecule has 7 heteroatoms. The first-order chi connectivity index (χ1) is 13.2. The van der Waals surface area contributed by atoms with Crippen molar-refractivity contribution in [2.75, 3.05) is 18.4 Å². The first-order valence-corrected chi connectivity index (χ1v) is 9.13. The summed E-state index contributed by atoms with van der Waals surface area (Å²) in [6.45, 7) is 1.80. The van der Waals surface area contributed by atoms with Crippen LogP contribution in [0, 0.1) is 5.82 Å². The highest BCUT2D eigenvalue weighted by atomic mass is 35.5. The van der Waals surface area contributed by atoms with Gasteiger partial charge in [0.25, 0.3) is 5.91 Å². The average molecular weight is 401 g/mol. The Bertz CT molecular complexity index is 921. The van der Waals surface area contributed by atoms with Crippen LogP contribution in [0.25, 0.3) is 5.69 Å². The molecule has 5 nitrogen and oxygen atoms in total. The van der Waals surface area contributed by atoms with Crippen molar-refractivity contribution < 1.29 is 9.18 Å². The summed E-state index contributed by atoms with van der Waals surface area (Å²) >= 11 is 0. The molecule has 28 heavy (non-hydrogen) atoms. The van der Waals surface area contributed by atoms with Gasteiger partial charge >= 0.3 is 0 Å². The van der Waals surface area contributed by atoms with Gasteiger partial charge in [-0.2, -0.15) is 5.10 Å². The number of carbonyl (C=O) groups is 1. The monoisotopic (exact) mass is 400 g/mol. The number of nitrogens with one attached hydrogen (secondary N) is 2. The number of rotatable bonds is 4. The van der Waals surface area contributed by atoms with Gasteiger partial charge < -0.3 is 10.6 Å². The van der Waals surface area contributed by atoms with Gasteiger partial charge in [0.15, 0.2) is 0 Å². The van der Waals surface area contributed by atoms with Gasteiger partial charge in [0.2, 0.25) is 0 Å². The van der Waals surface area contributed by atoms with E-state index in [4.69, 9.17) is 0 Å². The van der Waals surface area contributed by atoms with Crippen molar-refractivity contribution in [1.82, 2.24) is 15.1 Å². The molecule has 0 bridgehead atoms. The summed E-state index contributed by atoms with van der Waals surface area (Å²) in [5.41, 5.74) is 2.95. The van der Waals surface area contributed by atoms with E-state index in [1.54, 1.807) is 23.0 Å². The molecule has 1 fully saturated rings. The van der Waals surface area contributed by atoms with Crippen molar-refractivity contribution in [3.8, 4) is 5.69 Å². The molecule has 1 aromatic heterocycles. The highest BCUT2D eigenvalue weighted by Crippen LogP contribution is 2.30. The summed E-state index contributed by atoms with van der Waals surface area (Å²) in [6, 6.07) is 15.6. The van der Waals surface area contributed by atoms with Crippen molar-refractivity contribution in [1.29, 1.82) is 0 Å². The minimum absolute atomic E-state index is 0. The van der Waals surface area contributed by atoms with Crippen LogP contribution in [-0.2, 0) is 0 Å². The van der Waals surface area contributed by atoms with Crippen molar-refractivity contribution >= 4 is 24.0 Å². The van der Waals surface area contributed by atoms with Gasteiger partial charge in [-0.1, -0.05) is 18.2 Å². The molecule has 0 spiro atoms. The summed E-state index contributed by atoms with van der Waals surface area (Å²) in [5.74, 6) is -0.255. The third-order valence-electron chi connectivity index (χ3n) is 4.88. The highest BCUT2D eigenvalue weighted by Gasteiger charge is 2.27. The zero-order valence-electron chi connectivity index (χ0n) is 15.3. The van der Waals surface area contributed by atoms with Gasteiger partial charge in [0, 0.05) is 11.6 Å². The summed E-state index contributed by atoms with van der Waals surface area (Å²) < 4.78 is 15.1. The molecule has 146 valence electrons. The maximum absolute atomic E-state index is 13.3. The van der Waals surface area contributed by atoms with Crippen LogP contribution in [0.1, 0.15) is 34.8 Å². The van der Waals surface area contributed by atoms with Crippen molar-refractivity contribution in [2.45, 2.75) is 18.8 Å². The van der Waals surface area contributed by atoms with Crippen molar-refractivity contribution in [3.05, 3.63) is 77.9 Å². The van der Waals surface area contributed by atoms with E-state index in [1.165, 1.54) is 12.1 Å². The molecular weight excluding hydrogens is 379 g/mol. The van der Waals surface area contributed by atoms with Gasteiger partial charge in [-0.15, -0.1) is 12.4 Å². The SMILES string of the molecule is Cl.O=C(Nc1ccccc1)c1cnn(-c2ccc(F)cc2)c1C1CCNCC1. The van der Waals surface area contributed by atoms with E-state index in [0.717, 1.165) is 43.0 Å². The van der Waals surface area contributed by atoms with Crippen LogP contribution in [-0.4, -0.2) is 28.8 Å². The first kappa shape index (κ1) is 20.0. The Balaban J connectivity index is 0.00000225. The zero-order chi connectivity index (χ0) is 18.6. The van der Waals surface area contributed by atoms with Crippen LogP contribution >= 0.6 is 12.4 Å². The fourth-order valence-corrected chi connectivity index (χ4v) is 3.53. The normalized spacial score (nSPS) is 14.3. The van der Waals surface area contributed by atoms with E-state index in [-0.39, 0.29) is 30.0 Å². The second-order valence-electron chi connectivity index (χ2n) is 6.68. The van der Waals surface area contributed by atoms with Crippen LogP contribution in [0.5, 0.6) is 0 Å². The lowest BCUT2D eigenvalue weighted by molar-refractivity contribution is 0.102. The second kappa shape index (κ2) is 8.99. The summed E-state index contributed by atoms with van der Waals surface area (Å²) in [7, 11) is 0. The van der Waals surface area contributed by atoms with E-state index >= 15 is 0 Å². The molecule has 0 atom stereocenters. The fourth-order valence-electron chi connectivity index (χ4n) is 3.53. The van der Waals surface area contributed by atoms with E-state index in [9.17, 15) is 9.18 Å². The first-order valence-electron chi connectivity index (χ1n) is 9.13. The maximum atomic E-state index is 13.3. The number of benzene rings is 2. The zero-order valence-corrected chi connectivity index (χ0v) is 16.1. The lowest BCUT2D eigenvalue weighted by atomic mass is 9.91. The summed E-state index contributed by atoms with van der Waals surface area (Å²) in [4.78, 5) is 12.9. The third-order valence-corrected chi connectivity index (χ3v) is 4.88. The van der Waals surface area contributed by atoms with E-state index < -0.39 is 0 Å². The summed E-state index contributed by atoms with van der Waals surface area (Å²) in [5, 5.41) is 10.8. The quantitative estimate of drug-likeness (QED) is 0.691. The Labute approximate surface area is 169 Å². The molecule has 0 aliphatic carbocycles. The highest BCUT2D eigenvalue weighted by molar-refractivity contribution is 6.05. The topological polar surface area (TPSA) is 59.0 Å². The standard InChI is InChI=1S/C21H21FN4O.ClH/c22-16-6-8-18(9-7-16)26-20(15-10-12-23-13-11-15)19(14-24-26)21(27)25-17-4-2-1-3-5-17;/h1-9,14-15,23H,10-13H2,(H,25,27);1H. The molecule has 3 aromatic rings. The molecule has 2 N–H and O–H groups in total. The number of anilines is 1. The van der Waals surface area contributed by atoms with Gasteiger partial charge in [-0.05, 0) is 62.3 Å². The van der Waals surface area contributed by atoms with E-state index in [0.29, 0.717) is 5.56 Å². The Kier molecular flexibility index (Phi) is 6.44. The van der Waals surface area contributed by atoms with Gasteiger partial charge in [-0.3, -0.25) is 4.79 Å². The number of hydrogen-bond donors (Lipinski definition) is 2.